The van der Waals surface area contributed by atoms with Gasteiger partial charge in [-0.25, -0.2) is 8.78 Å². The van der Waals surface area contributed by atoms with Crippen LogP contribution in [0.25, 0.3) is 0 Å². The number of amides is 1. The van der Waals surface area contributed by atoms with E-state index in [0.717, 1.165) is 31.6 Å². The molecule has 0 spiro atoms. The van der Waals surface area contributed by atoms with Crippen LogP contribution in [0.4, 0.5) is 8.78 Å². The molecule has 0 radical (unpaired) electrons. The molecule has 1 aromatic heterocycles. The van der Waals surface area contributed by atoms with Crippen molar-refractivity contribution in [2.24, 2.45) is 5.73 Å². The first kappa shape index (κ1) is 19.8. The second-order valence-corrected chi connectivity index (χ2v) is 7.84. The van der Waals surface area contributed by atoms with Gasteiger partial charge >= 0.3 is 0 Å². The molecule has 2 aromatic rings. The van der Waals surface area contributed by atoms with Crippen molar-refractivity contribution < 1.29 is 18.3 Å². The molecule has 1 aliphatic heterocycles. The Bertz CT molecular complexity index is 809. The lowest BCUT2D eigenvalue weighted by Gasteiger charge is -2.17. The Balaban J connectivity index is 1.82. The van der Waals surface area contributed by atoms with Gasteiger partial charge in [0.1, 0.15) is 17.5 Å². The van der Waals surface area contributed by atoms with Gasteiger partial charge in [-0.3, -0.25) is 4.79 Å². The molecule has 27 heavy (non-hydrogen) atoms. The summed E-state index contributed by atoms with van der Waals surface area (Å²) in [7, 11) is 0. The normalized spacial score (nSPS) is 18.0. The number of nitrogens with zero attached hydrogens (tertiary/aromatic N) is 3. The average molecular weight is 396 g/mol. The molecule has 9 heteroatoms. The summed E-state index contributed by atoms with van der Waals surface area (Å²) in [5, 5.41) is 8.60. The fourth-order valence-electron chi connectivity index (χ4n) is 3.05. The van der Waals surface area contributed by atoms with E-state index in [-0.39, 0.29) is 23.3 Å². The molecule has 2 heterocycles. The summed E-state index contributed by atoms with van der Waals surface area (Å²) in [6.07, 6.45) is 2.53. The van der Waals surface area contributed by atoms with Gasteiger partial charge in [-0.2, -0.15) is 0 Å². The van der Waals surface area contributed by atoms with Crippen LogP contribution in [-0.2, 0) is 22.5 Å². The van der Waals surface area contributed by atoms with E-state index in [4.69, 9.17) is 10.5 Å². The number of hydrogen-bond donors (Lipinski definition) is 1. The Morgan fingerprint density at radius 2 is 2.26 bits per heavy atom. The molecule has 2 N–H and O–H groups in total. The van der Waals surface area contributed by atoms with Crippen LogP contribution in [0.3, 0.4) is 0 Å². The van der Waals surface area contributed by atoms with Crippen LogP contribution < -0.4 is 5.73 Å². The molecule has 6 nitrogen and oxygen atoms in total. The van der Waals surface area contributed by atoms with Crippen LogP contribution >= 0.6 is 11.8 Å². The molecule has 1 amide bonds. The molecule has 1 saturated heterocycles. The lowest BCUT2D eigenvalue weighted by molar-refractivity contribution is -0.118. The van der Waals surface area contributed by atoms with Gasteiger partial charge in [0.15, 0.2) is 5.16 Å². The van der Waals surface area contributed by atoms with Gasteiger partial charge in [-0.05, 0) is 38.0 Å². The molecule has 1 aliphatic rings. The second-order valence-electron chi connectivity index (χ2n) is 6.54. The van der Waals surface area contributed by atoms with Gasteiger partial charge in [-0.15, -0.1) is 10.2 Å². The van der Waals surface area contributed by atoms with Crippen LogP contribution in [0.15, 0.2) is 23.4 Å². The third-order valence-corrected chi connectivity index (χ3v) is 5.60. The lowest BCUT2D eigenvalue weighted by atomic mass is 10.1. The Morgan fingerprint density at radius 1 is 1.44 bits per heavy atom. The number of rotatable bonds is 8. The quantitative estimate of drug-likeness (QED) is 0.694. The third-order valence-electron chi connectivity index (χ3n) is 4.48. The second kappa shape index (κ2) is 8.79. The molecule has 0 saturated carbocycles. The van der Waals surface area contributed by atoms with E-state index in [0.29, 0.717) is 23.9 Å². The largest absolute Gasteiger partial charge is 0.376 e. The summed E-state index contributed by atoms with van der Waals surface area (Å²) < 4.78 is 35.2. The van der Waals surface area contributed by atoms with E-state index in [2.05, 4.69) is 10.2 Å². The third kappa shape index (κ3) is 5.04. The minimum absolute atomic E-state index is 0.0499. The Hall–Kier alpha value is -2.00. The van der Waals surface area contributed by atoms with E-state index < -0.39 is 17.5 Å². The number of halogens is 2. The van der Waals surface area contributed by atoms with Gasteiger partial charge in [0.25, 0.3) is 0 Å². The molecule has 0 unspecified atom stereocenters. The zero-order valence-corrected chi connectivity index (χ0v) is 15.8. The van der Waals surface area contributed by atoms with Crippen molar-refractivity contribution >= 4 is 17.7 Å². The van der Waals surface area contributed by atoms with Crippen molar-refractivity contribution in [1.29, 1.82) is 0 Å². The van der Waals surface area contributed by atoms with Crippen molar-refractivity contribution in [2.45, 2.75) is 55.7 Å². The molecular weight excluding hydrogens is 374 g/mol. The van der Waals surface area contributed by atoms with Gasteiger partial charge < -0.3 is 15.0 Å². The lowest BCUT2D eigenvalue weighted by Crippen LogP contribution is -2.19. The molecule has 1 aromatic carbocycles. The monoisotopic (exact) mass is 396 g/mol. The van der Waals surface area contributed by atoms with Gasteiger partial charge in [-0.1, -0.05) is 11.8 Å². The number of ether oxygens (including phenoxy) is 1. The average Bonchev–Trinajstić information content (AvgIpc) is 3.26. The van der Waals surface area contributed by atoms with Crippen LogP contribution in [0.5, 0.6) is 0 Å². The standard InChI is InChI=1S/C18H22F2N4O2S/c1-11(14-9-12(19)4-5-15(14)20)27-18-23-22-17(7-6-16(21)25)24(18)10-13-3-2-8-26-13/h4-5,9,11,13H,2-3,6-8,10H2,1H3,(H2,21,25)/t11-,13+/m1/s1. The Kier molecular flexibility index (Phi) is 6.43. The Labute approximate surface area is 160 Å². The summed E-state index contributed by atoms with van der Waals surface area (Å²) in [5.41, 5.74) is 5.51. The molecule has 0 aliphatic carbocycles. The smallest absolute Gasteiger partial charge is 0.217 e. The van der Waals surface area contributed by atoms with Gasteiger partial charge in [0, 0.05) is 30.3 Å². The first-order chi connectivity index (χ1) is 12.9. The number of hydrogen-bond acceptors (Lipinski definition) is 5. The topological polar surface area (TPSA) is 83.0 Å². The van der Waals surface area contributed by atoms with Crippen LogP contribution in [0.2, 0.25) is 0 Å². The first-order valence-corrected chi connectivity index (χ1v) is 9.75. The van der Waals surface area contributed by atoms with Gasteiger partial charge in [0.05, 0.1) is 12.6 Å². The highest BCUT2D eigenvalue weighted by atomic mass is 32.2. The molecule has 2 atom stereocenters. The zero-order chi connectivity index (χ0) is 19.4. The van der Waals surface area contributed by atoms with E-state index in [9.17, 15) is 13.6 Å². The van der Waals surface area contributed by atoms with E-state index >= 15 is 0 Å². The highest BCUT2D eigenvalue weighted by Gasteiger charge is 2.23. The number of carbonyl (C=O) groups is 1. The molecule has 1 fully saturated rings. The van der Waals surface area contributed by atoms with Crippen LogP contribution in [0, 0.1) is 11.6 Å². The number of benzene rings is 1. The molecule has 0 bridgehead atoms. The zero-order valence-electron chi connectivity index (χ0n) is 15.0. The highest BCUT2D eigenvalue weighted by molar-refractivity contribution is 7.99. The summed E-state index contributed by atoms with van der Waals surface area (Å²) in [6.45, 7) is 3.06. The summed E-state index contributed by atoms with van der Waals surface area (Å²) >= 11 is 1.30. The summed E-state index contributed by atoms with van der Waals surface area (Å²) in [6, 6.07) is 3.41. The predicted molar refractivity (Wildman–Crippen MR) is 97.1 cm³/mol. The predicted octanol–water partition coefficient (Wildman–Crippen LogP) is 3.01. The van der Waals surface area contributed by atoms with Crippen molar-refractivity contribution in [3.8, 4) is 0 Å². The maximum absolute atomic E-state index is 14.1. The SMILES string of the molecule is C[C@@H](Sc1nnc(CCC(N)=O)n1C[C@@H]1CCCO1)c1cc(F)ccc1F. The fraction of sp³-hybridized carbons (Fsp3) is 0.500. The van der Waals surface area contributed by atoms with E-state index in [1.165, 1.54) is 17.8 Å². The summed E-state index contributed by atoms with van der Waals surface area (Å²) in [5.74, 6) is -0.720. The van der Waals surface area contributed by atoms with Crippen molar-refractivity contribution in [3.05, 3.63) is 41.2 Å². The minimum atomic E-state index is -0.484. The number of carbonyl (C=O) groups excluding carboxylic acids is 1. The maximum Gasteiger partial charge on any atom is 0.217 e. The molecule has 146 valence electrons. The van der Waals surface area contributed by atoms with Crippen molar-refractivity contribution in [2.75, 3.05) is 6.61 Å². The van der Waals surface area contributed by atoms with Gasteiger partial charge in [0.2, 0.25) is 5.91 Å². The van der Waals surface area contributed by atoms with Crippen molar-refractivity contribution in [1.82, 2.24) is 14.8 Å². The highest BCUT2D eigenvalue weighted by Crippen LogP contribution is 2.36. The number of nitrogens with two attached hydrogens (primary N) is 1. The number of aryl methyl sites for hydroxylation is 1. The summed E-state index contributed by atoms with van der Waals surface area (Å²) in [4.78, 5) is 11.1. The molecule has 3 rings (SSSR count). The maximum atomic E-state index is 14.1. The minimum Gasteiger partial charge on any atom is -0.376 e. The van der Waals surface area contributed by atoms with E-state index in [1.54, 1.807) is 6.92 Å². The first-order valence-electron chi connectivity index (χ1n) is 8.87. The van der Waals surface area contributed by atoms with Crippen molar-refractivity contribution in [3.63, 3.8) is 0 Å². The number of primary amides is 1. The fourth-order valence-corrected chi connectivity index (χ4v) is 4.07. The Morgan fingerprint density at radius 3 is 2.96 bits per heavy atom. The van der Waals surface area contributed by atoms with E-state index in [1.807, 2.05) is 4.57 Å². The van der Waals surface area contributed by atoms with Crippen LogP contribution in [-0.4, -0.2) is 33.4 Å². The molecular formula is C18H22F2N4O2S. The number of thioether (sulfide) groups is 1. The number of aromatic nitrogens is 3. The van der Waals surface area contributed by atoms with Crippen LogP contribution in [0.1, 0.15) is 42.8 Å².